The van der Waals surface area contributed by atoms with Crippen LogP contribution in [0.3, 0.4) is 0 Å². The van der Waals surface area contributed by atoms with Crippen molar-refractivity contribution in [2.24, 2.45) is 0 Å². The summed E-state index contributed by atoms with van der Waals surface area (Å²) >= 11 is 0. The van der Waals surface area contributed by atoms with Crippen molar-refractivity contribution in [2.75, 3.05) is 6.61 Å². The van der Waals surface area contributed by atoms with Gasteiger partial charge >= 0.3 is 0 Å². The van der Waals surface area contributed by atoms with Gasteiger partial charge in [0.25, 0.3) is 0 Å². The molecule has 4 nitrogen and oxygen atoms in total. The molecule has 0 aliphatic rings. The number of hydrogen-bond acceptors (Lipinski definition) is 3. The number of aliphatic hydroxyl groups excluding tert-OH is 1. The van der Waals surface area contributed by atoms with Crippen LogP contribution >= 0.6 is 0 Å². The fourth-order valence-electron chi connectivity index (χ4n) is 2.43. The van der Waals surface area contributed by atoms with Crippen molar-refractivity contribution in [2.45, 2.75) is 19.6 Å². The summed E-state index contributed by atoms with van der Waals surface area (Å²) in [5.41, 5.74) is 1.84. The van der Waals surface area contributed by atoms with Crippen LogP contribution in [0.15, 0.2) is 54.9 Å². The van der Waals surface area contributed by atoms with E-state index < -0.39 is 0 Å². The SMILES string of the molecule is OCc1cn(CCCOc2ccccc2)c2ncccc12. The lowest BCUT2D eigenvalue weighted by molar-refractivity contribution is 0.282. The molecule has 3 rings (SSSR count). The van der Waals surface area contributed by atoms with Gasteiger partial charge in [-0.15, -0.1) is 0 Å². The quantitative estimate of drug-likeness (QED) is 0.707. The second kappa shape index (κ2) is 6.41. The van der Waals surface area contributed by atoms with Crippen molar-refractivity contribution < 1.29 is 9.84 Å². The zero-order valence-corrected chi connectivity index (χ0v) is 11.8. The molecule has 0 saturated heterocycles. The molecule has 21 heavy (non-hydrogen) atoms. The molecule has 2 aromatic heterocycles. The van der Waals surface area contributed by atoms with Crippen LogP contribution in [0.2, 0.25) is 0 Å². The Balaban J connectivity index is 1.63. The van der Waals surface area contributed by atoms with Crippen molar-refractivity contribution in [3.8, 4) is 5.75 Å². The average molecular weight is 282 g/mol. The molecule has 0 unspecified atom stereocenters. The maximum Gasteiger partial charge on any atom is 0.140 e. The molecule has 0 bridgehead atoms. The van der Waals surface area contributed by atoms with Crippen LogP contribution in [0.4, 0.5) is 0 Å². The average Bonchev–Trinajstić information content (AvgIpc) is 2.91. The monoisotopic (exact) mass is 282 g/mol. The van der Waals surface area contributed by atoms with Gasteiger partial charge in [0, 0.05) is 29.9 Å². The fourth-order valence-corrected chi connectivity index (χ4v) is 2.43. The van der Waals surface area contributed by atoms with E-state index in [0.717, 1.165) is 35.3 Å². The number of fused-ring (bicyclic) bond motifs is 1. The molecule has 1 aromatic carbocycles. The highest BCUT2D eigenvalue weighted by atomic mass is 16.5. The first-order valence-corrected chi connectivity index (χ1v) is 7.10. The Morgan fingerprint density at radius 3 is 2.76 bits per heavy atom. The number of pyridine rings is 1. The number of ether oxygens (including phenoxy) is 1. The van der Waals surface area contributed by atoms with Gasteiger partial charge in [0.15, 0.2) is 0 Å². The minimum absolute atomic E-state index is 0.0374. The van der Waals surface area contributed by atoms with Gasteiger partial charge in [-0.2, -0.15) is 0 Å². The number of hydrogen-bond donors (Lipinski definition) is 1. The van der Waals surface area contributed by atoms with Gasteiger partial charge in [-0.1, -0.05) is 18.2 Å². The van der Waals surface area contributed by atoms with Crippen molar-refractivity contribution in [1.29, 1.82) is 0 Å². The predicted octanol–water partition coefficient (Wildman–Crippen LogP) is 3.00. The predicted molar refractivity (Wildman–Crippen MR) is 82.2 cm³/mol. The summed E-state index contributed by atoms with van der Waals surface area (Å²) in [6.45, 7) is 1.51. The molecule has 3 aromatic rings. The van der Waals surface area contributed by atoms with Gasteiger partial charge in [-0.25, -0.2) is 4.98 Å². The van der Waals surface area contributed by atoms with Gasteiger partial charge in [0.2, 0.25) is 0 Å². The summed E-state index contributed by atoms with van der Waals surface area (Å²) in [5, 5.41) is 10.4. The third-order valence-electron chi connectivity index (χ3n) is 3.44. The molecule has 4 heteroatoms. The summed E-state index contributed by atoms with van der Waals surface area (Å²) in [6, 6.07) is 13.7. The maximum atomic E-state index is 9.40. The van der Waals surface area contributed by atoms with E-state index in [1.54, 1.807) is 6.20 Å². The Morgan fingerprint density at radius 2 is 1.95 bits per heavy atom. The highest BCUT2D eigenvalue weighted by molar-refractivity contribution is 5.80. The van der Waals surface area contributed by atoms with Crippen molar-refractivity contribution in [3.05, 3.63) is 60.4 Å². The van der Waals surface area contributed by atoms with Gasteiger partial charge < -0.3 is 14.4 Å². The first kappa shape index (κ1) is 13.6. The molecule has 1 N–H and O–H groups in total. The zero-order chi connectivity index (χ0) is 14.5. The van der Waals surface area contributed by atoms with E-state index in [4.69, 9.17) is 4.74 Å². The topological polar surface area (TPSA) is 47.3 Å². The number of aromatic nitrogens is 2. The molecule has 0 aliphatic heterocycles. The maximum absolute atomic E-state index is 9.40. The van der Waals surface area contributed by atoms with Crippen LogP contribution in [0.1, 0.15) is 12.0 Å². The van der Waals surface area contributed by atoms with Crippen LogP contribution in [0.25, 0.3) is 11.0 Å². The highest BCUT2D eigenvalue weighted by Crippen LogP contribution is 2.19. The number of benzene rings is 1. The first-order valence-electron chi connectivity index (χ1n) is 7.10. The summed E-state index contributed by atoms with van der Waals surface area (Å²) in [5.74, 6) is 0.893. The number of aliphatic hydroxyl groups is 1. The van der Waals surface area contributed by atoms with Crippen LogP contribution < -0.4 is 4.74 Å². The third-order valence-corrected chi connectivity index (χ3v) is 3.44. The molecule has 2 heterocycles. The summed E-state index contributed by atoms with van der Waals surface area (Å²) < 4.78 is 7.77. The zero-order valence-electron chi connectivity index (χ0n) is 11.8. The molecular weight excluding hydrogens is 264 g/mol. The molecule has 108 valence electrons. The molecule has 0 saturated carbocycles. The van der Waals surface area contributed by atoms with Crippen LogP contribution in [0.5, 0.6) is 5.75 Å². The van der Waals surface area contributed by atoms with E-state index in [2.05, 4.69) is 9.55 Å². The largest absolute Gasteiger partial charge is 0.494 e. The second-order valence-electron chi connectivity index (χ2n) is 4.90. The molecule has 0 atom stereocenters. The minimum Gasteiger partial charge on any atom is -0.494 e. The lowest BCUT2D eigenvalue weighted by Gasteiger charge is -2.07. The van der Waals surface area contributed by atoms with E-state index in [1.807, 2.05) is 48.7 Å². The normalized spacial score (nSPS) is 10.9. The van der Waals surface area contributed by atoms with Gasteiger partial charge in [0.1, 0.15) is 11.4 Å². The number of rotatable bonds is 6. The number of nitrogens with zero attached hydrogens (tertiary/aromatic N) is 2. The Morgan fingerprint density at radius 1 is 1.10 bits per heavy atom. The molecule has 0 aliphatic carbocycles. The standard InChI is InChI=1S/C17H18N2O2/c20-13-14-12-19(17-16(14)8-4-9-18-17)10-5-11-21-15-6-2-1-3-7-15/h1-4,6-9,12,20H,5,10-11,13H2. The third kappa shape index (κ3) is 3.06. The second-order valence-corrected chi connectivity index (χ2v) is 4.90. The Bertz CT molecular complexity index is 707. The molecule has 0 spiro atoms. The van der Waals surface area contributed by atoms with Crippen molar-refractivity contribution in [1.82, 2.24) is 9.55 Å². The lowest BCUT2D eigenvalue weighted by Crippen LogP contribution is -2.04. The Hall–Kier alpha value is -2.33. The van der Waals surface area contributed by atoms with Gasteiger partial charge in [-0.3, -0.25) is 0 Å². The summed E-state index contributed by atoms with van der Waals surface area (Å²) in [6.07, 6.45) is 4.64. The van der Waals surface area contributed by atoms with E-state index >= 15 is 0 Å². The molecule has 0 fully saturated rings. The van der Waals surface area contributed by atoms with E-state index in [9.17, 15) is 5.11 Å². The molecule has 0 radical (unpaired) electrons. The highest BCUT2D eigenvalue weighted by Gasteiger charge is 2.07. The lowest BCUT2D eigenvalue weighted by atomic mass is 10.2. The van der Waals surface area contributed by atoms with E-state index in [-0.39, 0.29) is 6.61 Å². The van der Waals surface area contributed by atoms with Gasteiger partial charge in [-0.05, 0) is 30.7 Å². The van der Waals surface area contributed by atoms with Crippen LogP contribution in [-0.2, 0) is 13.2 Å². The summed E-state index contributed by atoms with van der Waals surface area (Å²) in [7, 11) is 0. The molecular formula is C17H18N2O2. The fraction of sp³-hybridized carbons (Fsp3) is 0.235. The van der Waals surface area contributed by atoms with Crippen molar-refractivity contribution >= 4 is 11.0 Å². The smallest absolute Gasteiger partial charge is 0.140 e. The summed E-state index contributed by atoms with van der Waals surface area (Å²) in [4.78, 5) is 4.40. The van der Waals surface area contributed by atoms with E-state index in [1.165, 1.54) is 0 Å². The Kier molecular flexibility index (Phi) is 4.17. The molecule has 0 amide bonds. The van der Waals surface area contributed by atoms with Crippen molar-refractivity contribution in [3.63, 3.8) is 0 Å². The minimum atomic E-state index is 0.0374. The first-order chi connectivity index (χ1) is 10.4. The van der Waals surface area contributed by atoms with E-state index in [0.29, 0.717) is 6.61 Å². The van der Waals surface area contributed by atoms with Crippen LogP contribution in [-0.4, -0.2) is 21.3 Å². The Labute approximate surface area is 123 Å². The number of aryl methyl sites for hydroxylation is 1. The number of para-hydroxylation sites is 1. The van der Waals surface area contributed by atoms with Gasteiger partial charge in [0.05, 0.1) is 13.2 Å². The van der Waals surface area contributed by atoms with Crippen LogP contribution in [0, 0.1) is 0 Å².